The summed E-state index contributed by atoms with van der Waals surface area (Å²) in [6.07, 6.45) is 5.70. The highest BCUT2D eigenvalue weighted by molar-refractivity contribution is 7.90. The maximum atomic E-state index is 11.5. The second-order valence-electron chi connectivity index (χ2n) is 5.69. The average molecular weight is 312 g/mol. The van der Waals surface area contributed by atoms with E-state index in [0.717, 1.165) is 25.2 Å². The van der Waals surface area contributed by atoms with Crippen molar-refractivity contribution in [3.8, 4) is 0 Å². The zero-order valence-electron chi connectivity index (χ0n) is 12.2. The van der Waals surface area contributed by atoms with Crippen LogP contribution < -0.4 is 5.32 Å². The largest absolute Gasteiger partial charge is 0.377 e. The molecule has 0 bridgehead atoms. The van der Waals surface area contributed by atoms with Crippen molar-refractivity contribution >= 4 is 21.2 Å². The standard InChI is InChI=1S/C14H20N2O4S/c1-10(11-5-3-4-6-11)15-13-8-7-12(21(2,19)20)9-14(13)16(17)18/h7-11,15H,3-6H2,1-2H3. The van der Waals surface area contributed by atoms with Gasteiger partial charge in [0, 0.05) is 18.4 Å². The molecule has 0 saturated heterocycles. The number of hydrogen-bond donors (Lipinski definition) is 1. The molecule has 6 nitrogen and oxygen atoms in total. The van der Waals surface area contributed by atoms with E-state index in [-0.39, 0.29) is 16.6 Å². The lowest BCUT2D eigenvalue weighted by Crippen LogP contribution is -2.24. The van der Waals surface area contributed by atoms with Gasteiger partial charge in [-0.3, -0.25) is 10.1 Å². The van der Waals surface area contributed by atoms with Crippen LogP contribution in [0.25, 0.3) is 0 Å². The van der Waals surface area contributed by atoms with Gasteiger partial charge in [-0.1, -0.05) is 12.8 Å². The fourth-order valence-corrected chi connectivity index (χ4v) is 3.48. The Morgan fingerprint density at radius 3 is 2.48 bits per heavy atom. The van der Waals surface area contributed by atoms with Gasteiger partial charge in [-0.15, -0.1) is 0 Å². The number of sulfone groups is 1. The van der Waals surface area contributed by atoms with E-state index in [1.807, 2.05) is 6.92 Å². The van der Waals surface area contributed by atoms with Crippen molar-refractivity contribution in [3.05, 3.63) is 28.3 Å². The maximum Gasteiger partial charge on any atom is 0.293 e. The molecule has 7 heteroatoms. The molecule has 0 spiro atoms. The molecule has 1 aromatic carbocycles. The summed E-state index contributed by atoms with van der Waals surface area (Å²) in [7, 11) is -3.45. The number of hydrogen-bond acceptors (Lipinski definition) is 5. The van der Waals surface area contributed by atoms with E-state index in [2.05, 4.69) is 5.32 Å². The summed E-state index contributed by atoms with van der Waals surface area (Å²) >= 11 is 0. The van der Waals surface area contributed by atoms with Gasteiger partial charge in [0.05, 0.1) is 9.82 Å². The molecular weight excluding hydrogens is 292 g/mol. The quantitative estimate of drug-likeness (QED) is 0.667. The van der Waals surface area contributed by atoms with Gasteiger partial charge in [-0.05, 0) is 37.8 Å². The van der Waals surface area contributed by atoms with Gasteiger partial charge in [0.1, 0.15) is 5.69 Å². The van der Waals surface area contributed by atoms with Crippen LogP contribution in [0.1, 0.15) is 32.6 Å². The molecule has 116 valence electrons. The lowest BCUT2D eigenvalue weighted by atomic mass is 9.99. The van der Waals surface area contributed by atoms with Gasteiger partial charge in [-0.2, -0.15) is 0 Å². The third kappa shape index (κ3) is 3.72. The van der Waals surface area contributed by atoms with Crippen molar-refractivity contribution < 1.29 is 13.3 Å². The predicted molar refractivity (Wildman–Crippen MR) is 81.2 cm³/mol. The molecule has 1 aliphatic carbocycles. The van der Waals surface area contributed by atoms with Crippen LogP contribution in [0.5, 0.6) is 0 Å². The molecule has 1 saturated carbocycles. The Labute approximate surface area is 124 Å². The second kappa shape index (κ2) is 6.01. The lowest BCUT2D eigenvalue weighted by molar-refractivity contribution is -0.384. The van der Waals surface area contributed by atoms with Crippen LogP contribution in [0.15, 0.2) is 23.1 Å². The first kappa shape index (κ1) is 15.8. The van der Waals surface area contributed by atoms with Gasteiger partial charge in [0.15, 0.2) is 9.84 Å². The molecule has 0 radical (unpaired) electrons. The van der Waals surface area contributed by atoms with Crippen molar-refractivity contribution in [2.45, 2.75) is 43.5 Å². The van der Waals surface area contributed by atoms with Gasteiger partial charge < -0.3 is 5.32 Å². The van der Waals surface area contributed by atoms with E-state index in [1.165, 1.54) is 25.0 Å². The number of anilines is 1. The number of benzene rings is 1. The third-order valence-corrected chi connectivity index (χ3v) is 5.19. The van der Waals surface area contributed by atoms with Gasteiger partial charge in [0.2, 0.25) is 0 Å². The Morgan fingerprint density at radius 2 is 1.95 bits per heavy atom. The molecule has 1 aromatic rings. The Hall–Kier alpha value is -1.63. The molecule has 0 aliphatic heterocycles. The number of nitrogens with one attached hydrogen (secondary N) is 1. The van der Waals surface area contributed by atoms with Crippen LogP contribution in [0, 0.1) is 16.0 Å². The molecule has 0 amide bonds. The molecule has 1 unspecified atom stereocenters. The average Bonchev–Trinajstić information content (AvgIpc) is 2.91. The molecule has 1 N–H and O–H groups in total. The molecule has 0 aromatic heterocycles. The summed E-state index contributed by atoms with van der Waals surface area (Å²) in [5, 5.41) is 14.4. The summed E-state index contributed by atoms with van der Waals surface area (Å²) in [5.41, 5.74) is 0.189. The highest BCUT2D eigenvalue weighted by Crippen LogP contribution is 2.32. The summed E-state index contributed by atoms with van der Waals surface area (Å²) in [5.74, 6) is 0.513. The van der Waals surface area contributed by atoms with Crippen LogP contribution in [0.4, 0.5) is 11.4 Å². The van der Waals surface area contributed by atoms with Gasteiger partial charge in [0.25, 0.3) is 5.69 Å². The minimum atomic E-state index is -3.45. The summed E-state index contributed by atoms with van der Waals surface area (Å²) in [6.45, 7) is 2.02. The van der Waals surface area contributed by atoms with E-state index in [0.29, 0.717) is 11.6 Å². The highest BCUT2D eigenvalue weighted by atomic mass is 32.2. The summed E-state index contributed by atoms with van der Waals surface area (Å²) in [4.78, 5) is 10.6. The number of nitrogens with zero attached hydrogens (tertiary/aromatic N) is 1. The van der Waals surface area contributed by atoms with Crippen molar-refractivity contribution in [3.63, 3.8) is 0 Å². The van der Waals surface area contributed by atoms with E-state index < -0.39 is 14.8 Å². The topological polar surface area (TPSA) is 89.3 Å². The fraction of sp³-hybridized carbons (Fsp3) is 0.571. The van der Waals surface area contributed by atoms with Crippen LogP contribution in [0.2, 0.25) is 0 Å². The first-order valence-electron chi connectivity index (χ1n) is 7.04. The normalized spacial score (nSPS) is 17.6. The minimum Gasteiger partial charge on any atom is -0.377 e. The first-order valence-corrected chi connectivity index (χ1v) is 8.93. The SMILES string of the molecule is CC(Nc1ccc(S(C)(=O)=O)cc1[N+](=O)[O-])C1CCCC1. The third-order valence-electron chi connectivity index (χ3n) is 4.08. The predicted octanol–water partition coefficient (Wildman–Crippen LogP) is 2.99. The zero-order valence-corrected chi connectivity index (χ0v) is 13.0. The van der Waals surface area contributed by atoms with E-state index in [4.69, 9.17) is 0 Å². The van der Waals surface area contributed by atoms with Crippen molar-refractivity contribution in [2.75, 3.05) is 11.6 Å². The zero-order chi connectivity index (χ0) is 15.6. The van der Waals surface area contributed by atoms with Crippen LogP contribution in [0.3, 0.4) is 0 Å². The number of nitro groups is 1. The number of rotatable bonds is 5. The maximum absolute atomic E-state index is 11.5. The van der Waals surface area contributed by atoms with E-state index >= 15 is 0 Å². The highest BCUT2D eigenvalue weighted by Gasteiger charge is 2.25. The van der Waals surface area contributed by atoms with Crippen molar-refractivity contribution in [1.29, 1.82) is 0 Å². The second-order valence-corrected chi connectivity index (χ2v) is 7.70. The van der Waals surface area contributed by atoms with Crippen molar-refractivity contribution in [1.82, 2.24) is 0 Å². The monoisotopic (exact) mass is 312 g/mol. The summed E-state index contributed by atoms with van der Waals surface area (Å²) in [6, 6.07) is 4.15. The summed E-state index contributed by atoms with van der Waals surface area (Å²) < 4.78 is 23.0. The Balaban J connectivity index is 2.28. The van der Waals surface area contributed by atoms with Crippen LogP contribution in [-0.4, -0.2) is 25.6 Å². The van der Waals surface area contributed by atoms with E-state index in [1.54, 1.807) is 0 Å². The molecule has 2 rings (SSSR count). The molecule has 1 fully saturated rings. The Morgan fingerprint density at radius 1 is 1.33 bits per heavy atom. The van der Waals surface area contributed by atoms with Gasteiger partial charge in [-0.25, -0.2) is 8.42 Å². The minimum absolute atomic E-state index is 0.0340. The van der Waals surface area contributed by atoms with Crippen LogP contribution >= 0.6 is 0 Å². The Bertz CT molecular complexity index is 636. The first-order chi connectivity index (χ1) is 9.79. The van der Waals surface area contributed by atoms with Crippen LogP contribution in [-0.2, 0) is 9.84 Å². The number of nitro benzene ring substituents is 1. The fourth-order valence-electron chi connectivity index (χ4n) is 2.84. The molecule has 1 atom stereocenters. The lowest BCUT2D eigenvalue weighted by Gasteiger charge is -2.21. The van der Waals surface area contributed by atoms with Gasteiger partial charge >= 0.3 is 0 Å². The molecule has 1 aliphatic rings. The molecular formula is C14H20N2O4S. The smallest absolute Gasteiger partial charge is 0.293 e. The molecule has 21 heavy (non-hydrogen) atoms. The Kier molecular flexibility index (Phi) is 4.51. The van der Waals surface area contributed by atoms with Crippen molar-refractivity contribution in [2.24, 2.45) is 5.92 Å². The molecule has 0 heterocycles. The van der Waals surface area contributed by atoms with E-state index in [9.17, 15) is 18.5 Å².